The lowest BCUT2D eigenvalue weighted by atomic mass is 9.81. The number of nitrogens with one attached hydrogen (secondary N) is 1. The number of aliphatic hydroxyl groups is 1. The van der Waals surface area contributed by atoms with Gasteiger partial charge in [0.25, 0.3) is 17.4 Å². The lowest BCUT2D eigenvalue weighted by Gasteiger charge is -2.62. The number of carbonyl (C=O) groups is 4. The summed E-state index contributed by atoms with van der Waals surface area (Å²) in [5.41, 5.74) is 5.40. The number of rotatable bonds is 8. The zero-order valence-electron chi connectivity index (χ0n) is 38.3. The number of hydrogen-bond acceptors (Lipinski definition) is 12. The van der Waals surface area contributed by atoms with E-state index in [4.69, 9.17) is 14.5 Å². The zero-order chi connectivity index (χ0) is 47.8. The van der Waals surface area contributed by atoms with Crippen molar-refractivity contribution in [3.05, 3.63) is 120 Å². The van der Waals surface area contributed by atoms with E-state index in [2.05, 4.69) is 22.3 Å². The van der Waals surface area contributed by atoms with Crippen LogP contribution in [0.2, 0.25) is 0 Å². The van der Waals surface area contributed by atoms with E-state index >= 15 is 4.39 Å². The number of pyridine rings is 2. The Hall–Kier alpha value is -6.85. The minimum atomic E-state index is -2.02. The van der Waals surface area contributed by atoms with Gasteiger partial charge in [-0.3, -0.25) is 19.3 Å². The van der Waals surface area contributed by atoms with Crippen LogP contribution in [0.15, 0.2) is 47.3 Å². The highest BCUT2D eigenvalue weighted by atomic mass is 19.1. The Bertz CT molecular complexity index is 3150. The molecule has 0 bridgehead atoms. The molecule has 0 spiro atoms. The maximum absolute atomic E-state index is 15.4. The summed E-state index contributed by atoms with van der Waals surface area (Å²) < 4.78 is 27.9. The second-order valence-electron chi connectivity index (χ2n) is 19.5. The number of aromatic nitrogens is 2. The highest BCUT2D eigenvalue weighted by Crippen LogP contribution is 2.46. The van der Waals surface area contributed by atoms with Gasteiger partial charge in [-0.15, -0.1) is 0 Å². The van der Waals surface area contributed by atoms with Gasteiger partial charge in [-0.05, 0) is 90.1 Å². The van der Waals surface area contributed by atoms with Crippen LogP contribution in [-0.4, -0.2) is 94.7 Å². The van der Waals surface area contributed by atoms with Crippen molar-refractivity contribution in [3.63, 3.8) is 0 Å². The number of aromatic hydroxyl groups is 2. The van der Waals surface area contributed by atoms with Crippen LogP contribution in [0.5, 0.6) is 11.5 Å². The molecule has 0 radical (unpaired) electrons. The molecule has 352 valence electrons. The quantitative estimate of drug-likeness (QED) is 0.142. The van der Waals surface area contributed by atoms with Crippen molar-refractivity contribution in [2.24, 2.45) is 0 Å². The summed E-state index contributed by atoms with van der Waals surface area (Å²) in [6.07, 6.45) is -1.09. The van der Waals surface area contributed by atoms with Crippen molar-refractivity contribution in [2.75, 3.05) is 13.1 Å². The third-order valence-electron chi connectivity index (χ3n) is 15.4. The number of hydrogen-bond donors (Lipinski definition) is 4. The summed E-state index contributed by atoms with van der Waals surface area (Å²) in [5.74, 6) is -2.21. The number of likely N-dealkylation sites (tertiary alicyclic amines) is 2. The minimum Gasteiger partial charge on any atom is -0.508 e. The second kappa shape index (κ2) is 15.6. The van der Waals surface area contributed by atoms with E-state index in [1.165, 1.54) is 16.7 Å². The molecule has 1 aliphatic carbocycles. The number of alkyl carbamates (subject to hydrolysis) is 1. The van der Waals surface area contributed by atoms with Crippen LogP contribution in [0.4, 0.5) is 9.18 Å². The Kier molecular flexibility index (Phi) is 10.0. The molecule has 17 heteroatoms. The molecule has 2 unspecified atom stereocenters. The molecule has 3 amide bonds. The molecule has 2 saturated heterocycles. The van der Waals surface area contributed by atoms with E-state index in [0.717, 1.165) is 22.3 Å². The zero-order valence-corrected chi connectivity index (χ0v) is 38.3. The number of esters is 1. The summed E-state index contributed by atoms with van der Waals surface area (Å²) in [4.78, 5) is 78.4. The third kappa shape index (κ3) is 6.52. The first-order valence-electron chi connectivity index (χ1n) is 23.2. The maximum Gasteiger partial charge on any atom is 0.408 e. The van der Waals surface area contributed by atoms with E-state index in [1.807, 2.05) is 19.9 Å². The number of amides is 3. The average molecular weight is 927 g/mol. The summed E-state index contributed by atoms with van der Waals surface area (Å²) in [5, 5.41) is 35.9. The molecule has 2 fully saturated rings. The summed E-state index contributed by atoms with van der Waals surface area (Å²) in [6.45, 7) is 11.1. The lowest BCUT2D eigenvalue weighted by molar-refractivity contribution is -0.174. The second-order valence-corrected chi connectivity index (χ2v) is 19.5. The van der Waals surface area contributed by atoms with Gasteiger partial charge in [-0.25, -0.2) is 19.0 Å². The smallest absolute Gasteiger partial charge is 0.408 e. The molecule has 7 heterocycles. The molecule has 2 aromatic heterocycles. The fourth-order valence-corrected chi connectivity index (χ4v) is 11.4. The molecular weight excluding hydrogens is 876 g/mol. The van der Waals surface area contributed by atoms with Crippen LogP contribution in [0.3, 0.4) is 0 Å². The largest absolute Gasteiger partial charge is 0.508 e. The van der Waals surface area contributed by atoms with Crippen molar-refractivity contribution < 1.29 is 48.4 Å². The van der Waals surface area contributed by atoms with Gasteiger partial charge in [0.15, 0.2) is 11.7 Å². The normalized spacial score (nSPS) is 22.4. The first-order chi connectivity index (χ1) is 32.4. The number of ether oxygens (including phenoxy) is 2. The van der Waals surface area contributed by atoms with Gasteiger partial charge in [-0.2, -0.15) is 0 Å². The molecule has 4 N–H and O–H groups in total. The van der Waals surface area contributed by atoms with Crippen LogP contribution >= 0.6 is 0 Å². The number of phenolic OH excluding ortho intramolecular Hbond substituents is 2. The van der Waals surface area contributed by atoms with Gasteiger partial charge in [0.1, 0.15) is 23.9 Å². The highest BCUT2D eigenvalue weighted by molar-refractivity contribution is 5.98. The Morgan fingerprint density at radius 3 is 2.49 bits per heavy atom. The molecular formula is C51H51FN6O10. The number of fused-ring (bicyclic) bond motifs is 7. The molecule has 11 rings (SSSR count). The summed E-state index contributed by atoms with van der Waals surface area (Å²) in [6, 6.07) is 11.4. The number of carbonyl (C=O) groups excluding carboxylic acids is 4. The van der Waals surface area contributed by atoms with Gasteiger partial charge in [0.05, 0.1) is 46.7 Å². The van der Waals surface area contributed by atoms with Crippen molar-refractivity contribution in [1.29, 1.82) is 0 Å². The summed E-state index contributed by atoms with van der Waals surface area (Å²) >= 11 is 0. The van der Waals surface area contributed by atoms with Crippen molar-refractivity contribution in [3.8, 4) is 22.9 Å². The van der Waals surface area contributed by atoms with Gasteiger partial charge in [-0.1, -0.05) is 39.0 Å². The van der Waals surface area contributed by atoms with Gasteiger partial charge >= 0.3 is 12.1 Å². The van der Waals surface area contributed by atoms with Crippen molar-refractivity contribution in [2.45, 2.75) is 122 Å². The molecule has 5 atom stereocenters. The lowest BCUT2D eigenvalue weighted by Crippen LogP contribution is -2.80. The molecule has 68 heavy (non-hydrogen) atoms. The first-order valence-corrected chi connectivity index (χ1v) is 23.2. The molecule has 5 aliphatic heterocycles. The number of nitrogens with zero attached hydrogens (tertiary/aromatic N) is 5. The van der Waals surface area contributed by atoms with E-state index in [0.29, 0.717) is 90.1 Å². The molecule has 16 nitrogen and oxygen atoms in total. The van der Waals surface area contributed by atoms with Gasteiger partial charge < -0.3 is 44.5 Å². The van der Waals surface area contributed by atoms with E-state index in [9.17, 15) is 39.3 Å². The SMILES string of the molecule is CC[C@@]1(O)C(=O)OCc2c1cc1n(c2=O)Cc2c-1nc1cc(F)c(C)c3c1c2[C@@H](NC(=O)O[C@@H](C)C(=O)N1CC2C1CN2Cc1ccc2c(c1)CN(C(=O)c1cc(C(C)C)c(O)cc1O)C2)CC3. The average Bonchev–Trinajstić information content (AvgIpc) is 3.90. The predicted octanol–water partition coefficient (Wildman–Crippen LogP) is 5.41. The van der Waals surface area contributed by atoms with Gasteiger partial charge in [0.2, 0.25) is 0 Å². The monoisotopic (exact) mass is 926 g/mol. The highest BCUT2D eigenvalue weighted by Gasteiger charge is 2.54. The third-order valence-corrected chi connectivity index (χ3v) is 15.4. The Balaban J connectivity index is 0.748. The van der Waals surface area contributed by atoms with E-state index < -0.39 is 41.2 Å². The molecule has 3 aromatic carbocycles. The fraction of sp³-hybridized carbons (Fsp3) is 0.412. The minimum absolute atomic E-state index is 0.0206. The number of halogens is 1. The van der Waals surface area contributed by atoms with Crippen LogP contribution in [0.25, 0.3) is 22.3 Å². The number of aryl methyl sites for hydroxylation is 1. The molecule has 0 saturated carbocycles. The number of phenols is 2. The fourth-order valence-electron chi connectivity index (χ4n) is 11.4. The van der Waals surface area contributed by atoms with E-state index in [-0.39, 0.29) is 77.6 Å². The molecule has 6 aliphatic rings. The van der Waals surface area contributed by atoms with Crippen molar-refractivity contribution in [1.82, 2.24) is 29.6 Å². The van der Waals surface area contributed by atoms with Crippen molar-refractivity contribution >= 4 is 34.8 Å². The Morgan fingerprint density at radius 2 is 1.75 bits per heavy atom. The Morgan fingerprint density at radius 1 is 0.971 bits per heavy atom. The topological polar surface area (TPSA) is 204 Å². The van der Waals surface area contributed by atoms with Crippen LogP contribution < -0.4 is 10.9 Å². The predicted molar refractivity (Wildman–Crippen MR) is 243 cm³/mol. The van der Waals surface area contributed by atoms with Gasteiger partial charge in [0, 0.05) is 67.4 Å². The maximum atomic E-state index is 15.4. The standard InChI is InChI=1S/C51H51FN6O10/c1-6-51(66)34-13-38-45-32(19-57(38)48(63)33(34)22-67-49(51)64)44-36(10-9-29-24(4)35(52)14-37(53-45)43(29)44)54-50(65)68-25(5)46(61)58-21-39-40(58)20-55(39)16-26-7-8-27-17-56(18-28(27)11-26)47(62)31-12-30(23(2)3)41(59)15-42(31)60/h7-8,11-15,23,25,36,39-40,59-60,66H,6,9-10,16-22H2,1-5H3,(H,54,65)/t25-,36-,39?,40?,51-/m0/s1. The molecule has 5 aromatic rings. The summed E-state index contributed by atoms with van der Waals surface area (Å²) in [7, 11) is 0. The van der Waals surface area contributed by atoms with Crippen LogP contribution in [-0.2, 0) is 63.9 Å². The van der Waals surface area contributed by atoms with E-state index in [1.54, 1.807) is 42.7 Å². The van der Waals surface area contributed by atoms with Crippen LogP contribution in [0, 0.1) is 12.7 Å². The number of cyclic esters (lactones) is 1. The first kappa shape index (κ1) is 43.7. The number of benzene rings is 3. The van der Waals surface area contributed by atoms with Crippen LogP contribution in [0.1, 0.15) is 118 Å². The Labute approximate surface area is 389 Å². The number of piperazine rings is 1.